The third kappa shape index (κ3) is 2.19. The molecule has 0 saturated carbocycles. The molecular weight excluding hydrogens is 152 g/mol. The van der Waals surface area contributed by atoms with Gasteiger partial charge in [-0.25, -0.2) is 9.59 Å². The second-order valence-corrected chi connectivity index (χ2v) is 1.44. The summed E-state index contributed by atoms with van der Waals surface area (Å²) >= 11 is 0. The van der Waals surface area contributed by atoms with Crippen molar-refractivity contribution in [3.63, 3.8) is 0 Å². The zero-order chi connectivity index (χ0) is 8.85. The fourth-order valence-electron chi connectivity index (χ4n) is 0.368. The van der Waals surface area contributed by atoms with Crippen molar-refractivity contribution >= 4 is 17.7 Å². The quantitative estimate of drug-likeness (QED) is 0.184. The van der Waals surface area contributed by atoms with Gasteiger partial charge in [0.05, 0.1) is 24.5 Å². The molecule has 1 N–H and O–H groups in total. The predicted molar refractivity (Wildman–Crippen MR) is 32.0 cm³/mol. The number of rotatable bonds is 2. The minimum absolute atomic E-state index is 0.671. The van der Waals surface area contributed by atoms with Gasteiger partial charge in [0.15, 0.2) is 0 Å². The summed E-state index contributed by atoms with van der Waals surface area (Å²) in [5, 5.41) is 0. The average Bonchev–Trinajstić information content (AvgIpc) is 2.05. The summed E-state index contributed by atoms with van der Waals surface area (Å²) in [5.74, 6) is -1.96. The van der Waals surface area contributed by atoms with Crippen molar-refractivity contribution in [3.8, 4) is 0 Å². The maximum Gasteiger partial charge on any atom is 0.531 e. The van der Waals surface area contributed by atoms with Crippen molar-refractivity contribution in [1.82, 2.24) is 0 Å². The lowest BCUT2D eigenvalue weighted by molar-refractivity contribution is -0.161. The normalized spacial score (nSPS) is 7.82. The third-order valence-electron chi connectivity index (χ3n) is 0.869. The van der Waals surface area contributed by atoms with E-state index >= 15 is 0 Å². The van der Waals surface area contributed by atoms with E-state index in [-0.39, 0.29) is 0 Å². The largest absolute Gasteiger partial charge is 0.531 e. The summed E-state index contributed by atoms with van der Waals surface area (Å²) < 4.78 is 8.27. The topological polar surface area (TPSA) is 90.5 Å². The van der Waals surface area contributed by atoms with Crippen LogP contribution in [0.3, 0.4) is 0 Å². The third-order valence-corrected chi connectivity index (χ3v) is 0.869. The molecule has 0 amide bonds. The van der Waals surface area contributed by atoms with Crippen LogP contribution in [0.4, 0.5) is 0 Å². The summed E-state index contributed by atoms with van der Waals surface area (Å²) in [7, 11) is 2.16. The molecule has 0 radical (unpaired) electrons. The lowest BCUT2D eigenvalue weighted by Crippen LogP contribution is -2.27. The van der Waals surface area contributed by atoms with Gasteiger partial charge in [0.2, 0.25) is 0 Å². The second-order valence-electron chi connectivity index (χ2n) is 1.44. The van der Waals surface area contributed by atoms with E-state index in [1.807, 2.05) is 0 Å². The first-order chi connectivity index (χ1) is 5.17. The molecule has 0 spiro atoms. The van der Waals surface area contributed by atoms with Crippen LogP contribution >= 0.6 is 0 Å². The number of hydrogen-bond donors (Lipinski definition) is 1. The Morgan fingerprint density at radius 3 is 1.73 bits per heavy atom. The lowest BCUT2D eigenvalue weighted by atomic mass is 10.4. The maximum atomic E-state index is 10.6. The molecule has 0 fully saturated rings. The van der Waals surface area contributed by atoms with E-state index in [0.717, 1.165) is 14.2 Å². The monoisotopic (exact) mass is 159 g/mol. The molecule has 0 heterocycles. The predicted octanol–water partition coefficient (Wildman–Crippen LogP) is -0.987. The van der Waals surface area contributed by atoms with Crippen LogP contribution in [0.25, 0.3) is 0 Å². The fourth-order valence-corrected chi connectivity index (χ4v) is 0.368. The summed E-state index contributed by atoms with van der Waals surface area (Å²) in [6.07, 6.45) is 0. The van der Waals surface area contributed by atoms with Crippen molar-refractivity contribution < 1.29 is 23.9 Å². The lowest BCUT2D eigenvalue weighted by Gasteiger charge is -1.89. The van der Waals surface area contributed by atoms with Crippen LogP contribution in [0.1, 0.15) is 0 Å². The first kappa shape index (κ1) is 9.32. The number of carbonyl (C=O) groups is 2. The Hall–Kier alpha value is -1.68. The molecule has 0 aliphatic heterocycles. The van der Waals surface area contributed by atoms with E-state index in [2.05, 4.69) is 14.3 Å². The molecule has 0 aromatic heterocycles. The zero-order valence-electron chi connectivity index (χ0n) is 6.08. The van der Waals surface area contributed by atoms with Gasteiger partial charge in [-0.15, -0.1) is 0 Å². The molecule has 0 aromatic rings. The van der Waals surface area contributed by atoms with E-state index in [1.165, 1.54) is 0 Å². The Kier molecular flexibility index (Phi) is 3.55. The van der Waals surface area contributed by atoms with E-state index in [0.29, 0.717) is 0 Å². The van der Waals surface area contributed by atoms with E-state index in [1.54, 1.807) is 0 Å². The first-order valence-electron chi connectivity index (χ1n) is 2.58. The molecule has 0 atom stereocenters. The van der Waals surface area contributed by atoms with E-state index in [4.69, 9.17) is 5.53 Å². The van der Waals surface area contributed by atoms with Crippen LogP contribution < -0.4 is 0 Å². The molecule has 6 nitrogen and oxygen atoms in total. The highest BCUT2D eigenvalue weighted by Gasteiger charge is 2.34. The Morgan fingerprint density at radius 2 is 1.55 bits per heavy atom. The molecule has 0 bridgehead atoms. The standard InChI is InChI=1S/C5H7N2O4/c1-10-4(8)3(7-6)5(9)11-2/h6H,1-2H3/q+1. The van der Waals surface area contributed by atoms with Gasteiger partial charge in [-0.05, 0) is 0 Å². The first-order valence-corrected chi connectivity index (χ1v) is 2.58. The van der Waals surface area contributed by atoms with E-state index in [9.17, 15) is 9.59 Å². The van der Waals surface area contributed by atoms with E-state index < -0.39 is 17.7 Å². The second kappa shape index (κ2) is 4.19. The molecule has 0 aromatic carbocycles. The number of nitrogens with one attached hydrogen (secondary N) is 1. The van der Waals surface area contributed by atoms with Gasteiger partial charge >= 0.3 is 17.7 Å². The minimum atomic E-state index is -0.980. The number of carbonyl (C=O) groups excluding carboxylic acids is 2. The number of methoxy groups -OCH3 is 2. The fraction of sp³-hybridized carbons (Fsp3) is 0.400. The van der Waals surface area contributed by atoms with Crippen LogP contribution in [0, 0.1) is 5.53 Å². The molecule has 60 valence electrons. The van der Waals surface area contributed by atoms with Crippen LogP contribution in [0.5, 0.6) is 0 Å². The summed E-state index contributed by atoms with van der Waals surface area (Å²) in [5.41, 5.74) is 5.74. The molecule has 0 aliphatic rings. The molecule has 6 heteroatoms. The van der Waals surface area contributed by atoms with Crippen LogP contribution in [-0.2, 0) is 19.1 Å². The SMILES string of the molecule is COC(=O)C(=[N+]=N)C(=O)OC. The molecular formula is C5H7N2O4+. The van der Waals surface area contributed by atoms with Crippen molar-refractivity contribution in [2.75, 3.05) is 14.2 Å². The van der Waals surface area contributed by atoms with Crippen molar-refractivity contribution in [1.29, 1.82) is 5.53 Å². The molecule has 0 saturated heterocycles. The van der Waals surface area contributed by atoms with Gasteiger partial charge < -0.3 is 9.47 Å². The minimum Gasteiger partial charge on any atom is -0.460 e. The molecule has 0 rings (SSSR count). The van der Waals surface area contributed by atoms with Crippen molar-refractivity contribution in [2.45, 2.75) is 0 Å². The summed E-state index contributed by atoms with van der Waals surface area (Å²) in [6, 6.07) is 0. The highest BCUT2D eigenvalue weighted by atomic mass is 16.5. The van der Waals surface area contributed by atoms with Gasteiger partial charge in [-0.1, -0.05) is 0 Å². The Morgan fingerprint density at radius 1 is 1.18 bits per heavy atom. The molecule has 11 heavy (non-hydrogen) atoms. The Balaban J connectivity index is 4.57. The summed E-state index contributed by atoms with van der Waals surface area (Å²) in [4.78, 5) is 23.8. The van der Waals surface area contributed by atoms with Gasteiger partial charge in [-0.3, -0.25) is 0 Å². The van der Waals surface area contributed by atoms with Crippen LogP contribution in [0.2, 0.25) is 0 Å². The molecule has 0 unspecified atom stereocenters. The van der Waals surface area contributed by atoms with Gasteiger partial charge in [0.1, 0.15) is 0 Å². The number of hydrogen-bond acceptors (Lipinski definition) is 5. The van der Waals surface area contributed by atoms with Gasteiger partial charge in [0, 0.05) is 0 Å². The zero-order valence-corrected chi connectivity index (χ0v) is 6.08. The van der Waals surface area contributed by atoms with Crippen molar-refractivity contribution in [2.24, 2.45) is 0 Å². The van der Waals surface area contributed by atoms with Crippen LogP contribution in [0.15, 0.2) is 0 Å². The van der Waals surface area contributed by atoms with Crippen molar-refractivity contribution in [3.05, 3.63) is 0 Å². The average molecular weight is 159 g/mol. The number of esters is 2. The van der Waals surface area contributed by atoms with Crippen LogP contribution in [-0.4, -0.2) is 36.7 Å². The highest BCUT2D eigenvalue weighted by Crippen LogP contribution is 1.81. The number of ether oxygens (including phenoxy) is 2. The Labute approximate surface area is 62.3 Å². The summed E-state index contributed by atoms with van der Waals surface area (Å²) in [6.45, 7) is 0. The maximum absolute atomic E-state index is 10.6. The smallest absolute Gasteiger partial charge is 0.460 e. The number of nitrogens with zero attached hydrogens (tertiary/aromatic N) is 1. The van der Waals surface area contributed by atoms with Gasteiger partial charge in [-0.2, -0.15) is 0 Å². The van der Waals surface area contributed by atoms with Gasteiger partial charge in [0.25, 0.3) is 0 Å². The molecule has 0 aliphatic carbocycles. The highest BCUT2D eigenvalue weighted by molar-refractivity contribution is 6.60. The Bertz CT molecular complexity index is 211.